The molecule has 0 aromatic heterocycles. The monoisotopic (exact) mass is 384 g/mol. The van der Waals surface area contributed by atoms with Gasteiger partial charge in [-0.1, -0.05) is 0 Å². The molecule has 0 amide bonds. The summed E-state index contributed by atoms with van der Waals surface area (Å²) in [7, 11) is -5.75. The first-order valence-electron chi connectivity index (χ1n) is 8.31. The summed E-state index contributed by atoms with van der Waals surface area (Å²) in [5.74, 6) is 0. The maximum atomic E-state index is 8.64. The van der Waals surface area contributed by atoms with Gasteiger partial charge in [-0.3, -0.25) is 0 Å². The minimum atomic E-state index is -2.17. The molecule has 6 nitrogen and oxygen atoms in total. The summed E-state index contributed by atoms with van der Waals surface area (Å²) in [5, 5.41) is 17.3. The molecule has 0 spiro atoms. The summed E-state index contributed by atoms with van der Waals surface area (Å²) >= 11 is 0. The molecule has 0 fully saturated rings. The van der Waals surface area contributed by atoms with Gasteiger partial charge in [-0.2, -0.15) is 0 Å². The molecule has 0 saturated heterocycles. The zero-order valence-electron chi connectivity index (χ0n) is 15.7. The quantitative estimate of drug-likeness (QED) is 0.272. The fourth-order valence-corrected chi connectivity index (χ4v) is 16.8. The minimum absolute atomic E-state index is 0.216. The predicted molar refractivity (Wildman–Crippen MR) is 99.5 cm³/mol. The lowest BCUT2D eigenvalue weighted by Crippen LogP contribution is -2.52. The molecular formula is C14H36O6Si3. The topological polar surface area (TPSA) is 77.4 Å². The predicted octanol–water partition coefficient (Wildman–Crippen LogP) is 2.84. The van der Waals surface area contributed by atoms with Gasteiger partial charge in [-0.15, -0.1) is 0 Å². The van der Waals surface area contributed by atoms with Gasteiger partial charge in [0, 0.05) is 13.2 Å². The van der Waals surface area contributed by atoms with Crippen LogP contribution < -0.4 is 0 Å². The standard InChI is InChI=1S/C14H36O6Si3/c1-21(2,11-7-9-17-13-15)19-23(5,6)20-22(3,4)12-8-10-18-14-16/h15-16H,7-14H2,1-6H3. The molecular weight excluding hydrogens is 348 g/mol. The molecule has 0 saturated carbocycles. The van der Waals surface area contributed by atoms with E-state index in [1.807, 2.05) is 0 Å². The lowest BCUT2D eigenvalue weighted by Gasteiger charge is -2.38. The second-order valence-electron chi connectivity index (χ2n) is 7.41. The van der Waals surface area contributed by atoms with Gasteiger partial charge in [0.25, 0.3) is 0 Å². The third kappa shape index (κ3) is 13.4. The molecule has 2 N–H and O–H groups in total. The molecule has 0 aromatic carbocycles. The van der Waals surface area contributed by atoms with Crippen LogP contribution in [0, 0.1) is 0 Å². The summed E-state index contributed by atoms with van der Waals surface area (Å²) in [5.41, 5.74) is 0. The van der Waals surface area contributed by atoms with Crippen molar-refractivity contribution in [2.75, 3.05) is 26.8 Å². The van der Waals surface area contributed by atoms with Crippen LogP contribution >= 0.6 is 0 Å². The van der Waals surface area contributed by atoms with Gasteiger partial charge in [-0.25, -0.2) is 0 Å². The number of aliphatic hydroxyl groups is 2. The van der Waals surface area contributed by atoms with E-state index in [0.717, 1.165) is 24.9 Å². The molecule has 140 valence electrons. The van der Waals surface area contributed by atoms with Gasteiger partial charge < -0.3 is 27.9 Å². The molecule has 0 rings (SSSR count). The first-order valence-corrected chi connectivity index (χ1v) is 17.4. The van der Waals surface area contributed by atoms with Gasteiger partial charge in [0.05, 0.1) is 0 Å². The van der Waals surface area contributed by atoms with E-state index in [-0.39, 0.29) is 13.6 Å². The molecule has 0 aromatic rings. The summed E-state index contributed by atoms with van der Waals surface area (Å²) in [6.45, 7) is 13.8. The second-order valence-corrected chi connectivity index (χ2v) is 19.9. The normalized spacial score (nSPS) is 13.6. The van der Waals surface area contributed by atoms with Crippen LogP contribution in [-0.2, 0) is 17.7 Å². The van der Waals surface area contributed by atoms with Crippen LogP contribution in [0.3, 0.4) is 0 Å². The number of hydrogen-bond donors (Lipinski definition) is 2. The summed E-state index contributed by atoms with van der Waals surface area (Å²) < 4.78 is 22.9. The Morgan fingerprint density at radius 3 is 1.30 bits per heavy atom. The Kier molecular flexibility index (Phi) is 11.3. The largest absolute Gasteiger partial charge is 0.437 e. The highest BCUT2D eigenvalue weighted by Crippen LogP contribution is 2.26. The Balaban J connectivity index is 4.31. The molecule has 0 atom stereocenters. The molecule has 23 heavy (non-hydrogen) atoms. The Morgan fingerprint density at radius 1 is 0.652 bits per heavy atom. The van der Waals surface area contributed by atoms with E-state index < -0.39 is 25.2 Å². The Labute approximate surface area is 144 Å². The lowest BCUT2D eigenvalue weighted by molar-refractivity contribution is -0.00133. The van der Waals surface area contributed by atoms with Crippen LogP contribution in [0.2, 0.25) is 51.4 Å². The molecule has 0 heterocycles. The van der Waals surface area contributed by atoms with Crippen molar-refractivity contribution in [3.05, 3.63) is 0 Å². The molecule has 0 aliphatic carbocycles. The summed E-state index contributed by atoms with van der Waals surface area (Å²) in [6.07, 6.45) is 1.81. The van der Waals surface area contributed by atoms with E-state index in [1.165, 1.54) is 0 Å². The van der Waals surface area contributed by atoms with Gasteiger partial charge in [0.2, 0.25) is 0 Å². The Bertz CT molecular complexity index is 285. The molecule has 0 aliphatic rings. The summed E-state index contributed by atoms with van der Waals surface area (Å²) in [4.78, 5) is 0. The lowest BCUT2D eigenvalue weighted by atomic mass is 10.5. The van der Waals surface area contributed by atoms with Crippen molar-refractivity contribution in [1.82, 2.24) is 0 Å². The first-order chi connectivity index (χ1) is 10.5. The molecule has 9 heteroatoms. The zero-order chi connectivity index (χ0) is 18.0. The van der Waals surface area contributed by atoms with Crippen molar-refractivity contribution in [3.63, 3.8) is 0 Å². The highest BCUT2D eigenvalue weighted by molar-refractivity contribution is 6.87. The molecule has 0 radical (unpaired) electrons. The first kappa shape index (κ1) is 23.4. The maximum absolute atomic E-state index is 8.64. The Hall–Kier alpha value is 0.411. The average molecular weight is 385 g/mol. The highest BCUT2D eigenvalue weighted by atomic mass is 28.5. The van der Waals surface area contributed by atoms with Crippen LogP contribution in [-0.4, -0.2) is 62.2 Å². The third-order valence-electron chi connectivity index (χ3n) is 3.36. The average Bonchev–Trinajstić information content (AvgIpc) is 2.37. The maximum Gasteiger partial charge on any atom is 0.311 e. The van der Waals surface area contributed by atoms with Gasteiger partial charge in [-0.05, 0) is 64.2 Å². The summed E-state index contributed by atoms with van der Waals surface area (Å²) in [6, 6.07) is 2.00. The van der Waals surface area contributed by atoms with E-state index in [1.54, 1.807) is 0 Å². The van der Waals surface area contributed by atoms with E-state index in [0.29, 0.717) is 13.2 Å². The van der Waals surface area contributed by atoms with Crippen molar-refractivity contribution in [3.8, 4) is 0 Å². The number of aliphatic hydroxyl groups excluding tert-OH is 2. The third-order valence-corrected chi connectivity index (χ3v) is 14.8. The molecule has 0 unspecified atom stereocenters. The van der Waals surface area contributed by atoms with Crippen molar-refractivity contribution in [1.29, 1.82) is 0 Å². The zero-order valence-corrected chi connectivity index (χ0v) is 18.7. The van der Waals surface area contributed by atoms with Gasteiger partial charge in [0.15, 0.2) is 16.6 Å². The van der Waals surface area contributed by atoms with Gasteiger partial charge in [0.1, 0.15) is 13.6 Å². The minimum Gasteiger partial charge on any atom is -0.437 e. The number of rotatable bonds is 14. The van der Waals surface area contributed by atoms with Crippen LogP contribution in [0.15, 0.2) is 0 Å². The Morgan fingerprint density at radius 2 is 1.00 bits per heavy atom. The van der Waals surface area contributed by atoms with Crippen LogP contribution in [0.1, 0.15) is 12.8 Å². The fraction of sp³-hybridized carbons (Fsp3) is 1.00. The fourth-order valence-electron chi connectivity index (χ4n) is 2.78. The number of hydrogen-bond acceptors (Lipinski definition) is 6. The number of ether oxygens (including phenoxy) is 2. The van der Waals surface area contributed by atoms with E-state index in [9.17, 15) is 0 Å². The van der Waals surface area contributed by atoms with Crippen molar-refractivity contribution in [2.45, 2.75) is 64.2 Å². The van der Waals surface area contributed by atoms with E-state index in [2.05, 4.69) is 39.3 Å². The SMILES string of the molecule is C[Si](C)(CCCOCO)O[Si](C)(C)O[Si](C)(C)CCCOCO. The van der Waals surface area contributed by atoms with Crippen LogP contribution in [0.25, 0.3) is 0 Å². The van der Waals surface area contributed by atoms with Crippen LogP contribution in [0.4, 0.5) is 0 Å². The van der Waals surface area contributed by atoms with Crippen molar-refractivity contribution in [2.24, 2.45) is 0 Å². The molecule has 0 aliphatic heterocycles. The van der Waals surface area contributed by atoms with E-state index in [4.69, 9.17) is 27.9 Å². The van der Waals surface area contributed by atoms with Crippen molar-refractivity contribution < 1.29 is 27.9 Å². The van der Waals surface area contributed by atoms with Gasteiger partial charge >= 0.3 is 8.56 Å². The second kappa shape index (κ2) is 11.1. The highest BCUT2D eigenvalue weighted by Gasteiger charge is 2.39. The molecule has 0 bridgehead atoms. The van der Waals surface area contributed by atoms with Crippen molar-refractivity contribution >= 4 is 25.2 Å². The smallest absolute Gasteiger partial charge is 0.311 e. The van der Waals surface area contributed by atoms with Crippen LogP contribution in [0.5, 0.6) is 0 Å². The van der Waals surface area contributed by atoms with E-state index >= 15 is 0 Å².